The van der Waals surface area contributed by atoms with Gasteiger partial charge < -0.3 is 10.0 Å². The highest BCUT2D eigenvalue weighted by atomic mass is 32.2. The molecule has 1 aliphatic heterocycles. The molecule has 1 N–H and O–H groups in total. The Morgan fingerprint density at radius 1 is 1.47 bits per heavy atom. The van der Waals surface area contributed by atoms with Gasteiger partial charge in [-0.15, -0.1) is 0 Å². The van der Waals surface area contributed by atoms with Crippen LogP contribution in [0.25, 0.3) is 0 Å². The third kappa shape index (κ3) is 3.14. The zero-order valence-electron chi connectivity index (χ0n) is 9.55. The molecule has 0 aromatic rings. The molecule has 0 radical (unpaired) electrons. The Kier molecular flexibility index (Phi) is 4.11. The van der Waals surface area contributed by atoms with E-state index in [0.717, 1.165) is 0 Å². The fraction of sp³-hybridized carbons (Fsp3) is 1.00. The van der Waals surface area contributed by atoms with E-state index in [4.69, 9.17) is 0 Å². The summed E-state index contributed by atoms with van der Waals surface area (Å²) in [6.07, 6.45) is 0.0218. The number of nitrogens with zero attached hydrogens (tertiary/aromatic N) is 2. The molecule has 0 amide bonds. The molecule has 0 bridgehead atoms. The van der Waals surface area contributed by atoms with E-state index in [1.807, 2.05) is 19.0 Å². The first-order valence-electron chi connectivity index (χ1n) is 5.19. The summed E-state index contributed by atoms with van der Waals surface area (Å²) in [7, 11) is 0.629. The smallest absolute Gasteiger partial charge is 0.214 e. The molecule has 1 fully saturated rings. The highest BCUT2D eigenvalue weighted by Gasteiger charge is 2.37. The molecule has 1 heterocycles. The maximum absolute atomic E-state index is 11.7. The van der Waals surface area contributed by atoms with Gasteiger partial charge in [-0.05, 0) is 27.4 Å². The summed E-state index contributed by atoms with van der Waals surface area (Å²) in [4.78, 5) is 1.95. The summed E-state index contributed by atoms with van der Waals surface area (Å²) in [5.74, 6) is 0.101. The number of aliphatic hydroxyl groups excluding tert-OH is 1. The van der Waals surface area contributed by atoms with Crippen LogP contribution in [-0.4, -0.2) is 67.8 Å². The van der Waals surface area contributed by atoms with E-state index in [1.165, 1.54) is 4.31 Å². The van der Waals surface area contributed by atoms with E-state index in [2.05, 4.69) is 0 Å². The fourth-order valence-corrected chi connectivity index (χ4v) is 3.29. The van der Waals surface area contributed by atoms with E-state index < -0.39 is 16.1 Å². The first-order chi connectivity index (χ1) is 6.86. The minimum atomic E-state index is -3.18. The van der Waals surface area contributed by atoms with E-state index in [0.29, 0.717) is 13.0 Å². The Hall–Kier alpha value is -0.170. The van der Waals surface area contributed by atoms with Crippen LogP contribution < -0.4 is 0 Å². The predicted molar refractivity (Wildman–Crippen MR) is 59.1 cm³/mol. The second-order valence-electron chi connectivity index (χ2n) is 4.28. The van der Waals surface area contributed by atoms with Crippen LogP contribution in [0.4, 0.5) is 0 Å². The first-order valence-corrected chi connectivity index (χ1v) is 6.80. The Balaban J connectivity index is 2.77. The van der Waals surface area contributed by atoms with Crippen molar-refractivity contribution in [3.8, 4) is 0 Å². The lowest BCUT2D eigenvalue weighted by molar-refractivity contribution is 0.188. The summed E-state index contributed by atoms with van der Waals surface area (Å²) >= 11 is 0. The van der Waals surface area contributed by atoms with Gasteiger partial charge in [-0.1, -0.05) is 0 Å². The Labute approximate surface area is 91.7 Å². The predicted octanol–water partition coefficient (Wildman–Crippen LogP) is -0.667. The van der Waals surface area contributed by atoms with Crippen LogP contribution in [0.1, 0.15) is 13.3 Å². The molecule has 0 spiro atoms. The number of rotatable bonds is 4. The molecule has 6 heteroatoms. The highest BCUT2D eigenvalue weighted by Crippen LogP contribution is 2.22. The molecule has 0 aromatic carbocycles. The highest BCUT2D eigenvalue weighted by molar-refractivity contribution is 7.89. The van der Waals surface area contributed by atoms with Crippen molar-refractivity contribution < 1.29 is 13.5 Å². The van der Waals surface area contributed by atoms with Gasteiger partial charge in [0.05, 0.1) is 11.9 Å². The van der Waals surface area contributed by atoms with Crippen molar-refractivity contribution >= 4 is 10.0 Å². The molecule has 90 valence electrons. The lowest BCUT2D eigenvalue weighted by Crippen LogP contribution is -2.42. The van der Waals surface area contributed by atoms with Crippen molar-refractivity contribution in [3.05, 3.63) is 0 Å². The van der Waals surface area contributed by atoms with Crippen molar-refractivity contribution in [2.45, 2.75) is 25.5 Å². The average molecular weight is 236 g/mol. The van der Waals surface area contributed by atoms with Gasteiger partial charge >= 0.3 is 0 Å². The zero-order chi connectivity index (χ0) is 11.6. The van der Waals surface area contributed by atoms with Crippen LogP contribution in [0.3, 0.4) is 0 Å². The molecule has 1 rings (SSSR count). The SMILES string of the molecule is CCS(=O)(=O)N1CC(O)CC1CN(C)C. The van der Waals surface area contributed by atoms with Crippen LogP contribution in [0, 0.1) is 0 Å². The zero-order valence-corrected chi connectivity index (χ0v) is 10.4. The third-order valence-corrected chi connectivity index (χ3v) is 4.53. The molecule has 2 unspecified atom stereocenters. The van der Waals surface area contributed by atoms with E-state index in [1.54, 1.807) is 6.92 Å². The second kappa shape index (κ2) is 4.78. The maximum atomic E-state index is 11.7. The molecule has 0 aromatic heterocycles. The molecular formula is C9H20N2O3S. The standard InChI is InChI=1S/C9H20N2O3S/c1-4-15(13,14)11-7-9(12)5-8(11)6-10(2)3/h8-9,12H,4-7H2,1-3H3. The van der Waals surface area contributed by atoms with Crippen LogP contribution in [0.15, 0.2) is 0 Å². The largest absolute Gasteiger partial charge is 0.392 e. The number of aliphatic hydroxyl groups is 1. The Morgan fingerprint density at radius 2 is 2.07 bits per heavy atom. The monoisotopic (exact) mass is 236 g/mol. The lowest BCUT2D eigenvalue weighted by atomic mass is 10.2. The molecule has 1 saturated heterocycles. The average Bonchev–Trinajstić information content (AvgIpc) is 2.46. The van der Waals surface area contributed by atoms with Crippen molar-refractivity contribution in [1.29, 1.82) is 0 Å². The van der Waals surface area contributed by atoms with Gasteiger partial charge in [0.1, 0.15) is 0 Å². The van der Waals surface area contributed by atoms with Crippen LogP contribution in [-0.2, 0) is 10.0 Å². The van der Waals surface area contributed by atoms with Gasteiger partial charge in [-0.2, -0.15) is 4.31 Å². The van der Waals surface area contributed by atoms with Gasteiger partial charge in [0, 0.05) is 19.1 Å². The summed E-state index contributed by atoms with van der Waals surface area (Å²) in [6, 6.07) is -0.0834. The van der Waals surface area contributed by atoms with Gasteiger partial charge in [0.2, 0.25) is 10.0 Å². The van der Waals surface area contributed by atoms with E-state index in [9.17, 15) is 13.5 Å². The number of likely N-dealkylation sites (N-methyl/N-ethyl adjacent to an activating group) is 1. The minimum Gasteiger partial charge on any atom is -0.392 e. The number of hydrogen-bond donors (Lipinski definition) is 1. The number of hydrogen-bond acceptors (Lipinski definition) is 4. The van der Waals surface area contributed by atoms with Gasteiger partial charge in [0.15, 0.2) is 0 Å². The summed E-state index contributed by atoms with van der Waals surface area (Å²) < 4.78 is 24.9. The molecule has 2 atom stereocenters. The second-order valence-corrected chi connectivity index (χ2v) is 6.49. The summed E-state index contributed by atoms with van der Waals surface area (Å²) in [6.45, 7) is 2.54. The molecular weight excluding hydrogens is 216 g/mol. The molecule has 0 aliphatic carbocycles. The Morgan fingerprint density at radius 3 is 2.53 bits per heavy atom. The third-order valence-electron chi connectivity index (χ3n) is 2.64. The van der Waals surface area contributed by atoms with Gasteiger partial charge in [-0.3, -0.25) is 0 Å². The Bertz CT molecular complexity index is 302. The molecule has 1 aliphatic rings. The van der Waals surface area contributed by atoms with Crippen molar-refractivity contribution in [1.82, 2.24) is 9.21 Å². The fourth-order valence-electron chi connectivity index (χ4n) is 1.96. The van der Waals surface area contributed by atoms with Crippen molar-refractivity contribution in [3.63, 3.8) is 0 Å². The van der Waals surface area contributed by atoms with E-state index >= 15 is 0 Å². The molecule has 5 nitrogen and oxygen atoms in total. The van der Waals surface area contributed by atoms with Crippen LogP contribution in [0.2, 0.25) is 0 Å². The molecule has 15 heavy (non-hydrogen) atoms. The van der Waals surface area contributed by atoms with Crippen molar-refractivity contribution in [2.24, 2.45) is 0 Å². The number of sulfonamides is 1. The van der Waals surface area contributed by atoms with E-state index in [-0.39, 0.29) is 18.3 Å². The van der Waals surface area contributed by atoms with Gasteiger partial charge in [-0.25, -0.2) is 8.42 Å². The normalized spacial score (nSPS) is 28.9. The van der Waals surface area contributed by atoms with Crippen LogP contribution in [0.5, 0.6) is 0 Å². The van der Waals surface area contributed by atoms with Crippen LogP contribution >= 0.6 is 0 Å². The molecule has 0 saturated carbocycles. The number of β-amino-alcohol motifs (C(OH)–C–C–N with tert-alkyl or cyclic N) is 1. The minimum absolute atomic E-state index is 0.0834. The van der Waals surface area contributed by atoms with Gasteiger partial charge in [0.25, 0.3) is 0 Å². The first kappa shape index (κ1) is 12.9. The summed E-state index contributed by atoms with van der Waals surface area (Å²) in [5, 5.41) is 9.52. The summed E-state index contributed by atoms with van der Waals surface area (Å²) in [5.41, 5.74) is 0. The van der Waals surface area contributed by atoms with Crippen molar-refractivity contribution in [2.75, 3.05) is 32.9 Å². The maximum Gasteiger partial charge on any atom is 0.214 e. The topological polar surface area (TPSA) is 60.9 Å². The lowest BCUT2D eigenvalue weighted by Gasteiger charge is -2.25. The quantitative estimate of drug-likeness (QED) is 0.703.